The third-order valence-corrected chi connectivity index (χ3v) is 4.74. The highest BCUT2D eigenvalue weighted by atomic mass is 79.9. The van der Waals surface area contributed by atoms with Gasteiger partial charge in [0, 0.05) is 22.6 Å². The highest BCUT2D eigenvalue weighted by Gasteiger charge is 2.14. The van der Waals surface area contributed by atoms with E-state index in [0.717, 1.165) is 10.0 Å². The zero-order chi connectivity index (χ0) is 18.5. The van der Waals surface area contributed by atoms with Crippen molar-refractivity contribution in [2.45, 2.75) is 12.8 Å². The summed E-state index contributed by atoms with van der Waals surface area (Å²) in [5, 5.41) is 2.89. The molecule has 138 valence electrons. The van der Waals surface area contributed by atoms with Crippen molar-refractivity contribution in [2.24, 2.45) is 0 Å². The monoisotopic (exact) mass is 421 g/mol. The molecular formula is C19H20BrNO5. The van der Waals surface area contributed by atoms with Gasteiger partial charge in [0.2, 0.25) is 5.91 Å². The van der Waals surface area contributed by atoms with Crippen LogP contribution >= 0.6 is 15.9 Å². The minimum Gasteiger partial charge on any atom is -0.493 e. The van der Waals surface area contributed by atoms with E-state index in [1.165, 1.54) is 0 Å². The summed E-state index contributed by atoms with van der Waals surface area (Å²) in [6.45, 7) is 1.05. The molecule has 2 aromatic carbocycles. The standard InChI is InChI=1S/C19H20BrNO5/c1-23-16-9-12(14(20)11-17(16)24-2)3-6-19(22)21-13-4-5-15-18(10-13)26-8-7-25-15/h4-5,9-11H,3,6-8H2,1-2H3,(H,21,22). The Balaban J connectivity index is 1.62. The van der Waals surface area contributed by atoms with Crippen molar-refractivity contribution in [1.29, 1.82) is 0 Å². The molecule has 7 heteroatoms. The molecular weight excluding hydrogens is 402 g/mol. The van der Waals surface area contributed by atoms with Crippen LogP contribution in [0.5, 0.6) is 23.0 Å². The fourth-order valence-electron chi connectivity index (χ4n) is 2.68. The summed E-state index contributed by atoms with van der Waals surface area (Å²) in [4.78, 5) is 12.3. The molecule has 26 heavy (non-hydrogen) atoms. The predicted molar refractivity (Wildman–Crippen MR) is 102 cm³/mol. The molecule has 2 aromatic rings. The van der Waals surface area contributed by atoms with Gasteiger partial charge in [-0.1, -0.05) is 15.9 Å². The van der Waals surface area contributed by atoms with Crippen LogP contribution in [-0.4, -0.2) is 33.3 Å². The lowest BCUT2D eigenvalue weighted by atomic mass is 10.1. The fourth-order valence-corrected chi connectivity index (χ4v) is 3.20. The Hall–Kier alpha value is -2.41. The predicted octanol–water partition coefficient (Wildman–Crippen LogP) is 3.81. The maximum atomic E-state index is 12.3. The number of halogens is 1. The zero-order valence-corrected chi connectivity index (χ0v) is 16.2. The average Bonchev–Trinajstić information content (AvgIpc) is 2.66. The van der Waals surface area contributed by atoms with Crippen molar-refractivity contribution in [3.8, 4) is 23.0 Å². The smallest absolute Gasteiger partial charge is 0.224 e. The molecule has 0 aliphatic carbocycles. The summed E-state index contributed by atoms with van der Waals surface area (Å²) >= 11 is 3.51. The van der Waals surface area contributed by atoms with E-state index in [1.807, 2.05) is 12.1 Å². The van der Waals surface area contributed by atoms with Gasteiger partial charge in [-0.05, 0) is 36.2 Å². The number of hydrogen-bond acceptors (Lipinski definition) is 5. The van der Waals surface area contributed by atoms with E-state index in [-0.39, 0.29) is 5.91 Å². The van der Waals surface area contributed by atoms with Gasteiger partial charge >= 0.3 is 0 Å². The normalized spacial score (nSPS) is 12.4. The largest absolute Gasteiger partial charge is 0.493 e. The summed E-state index contributed by atoms with van der Waals surface area (Å²) in [6.07, 6.45) is 0.903. The Bertz CT molecular complexity index is 809. The number of ether oxygens (including phenoxy) is 4. The first kappa shape index (κ1) is 18.4. The molecule has 0 saturated carbocycles. The van der Waals surface area contributed by atoms with Gasteiger partial charge in [0.1, 0.15) is 13.2 Å². The number of nitrogens with one attached hydrogen (secondary N) is 1. The van der Waals surface area contributed by atoms with Crippen molar-refractivity contribution >= 4 is 27.5 Å². The van der Waals surface area contributed by atoms with Crippen molar-refractivity contribution in [3.63, 3.8) is 0 Å². The minimum atomic E-state index is -0.0802. The average molecular weight is 422 g/mol. The second-order valence-electron chi connectivity index (χ2n) is 5.71. The van der Waals surface area contributed by atoms with Crippen LogP contribution in [0.1, 0.15) is 12.0 Å². The number of aryl methyl sites for hydroxylation is 1. The minimum absolute atomic E-state index is 0.0802. The third kappa shape index (κ3) is 4.22. The quantitative estimate of drug-likeness (QED) is 0.767. The van der Waals surface area contributed by atoms with Gasteiger partial charge in [-0.15, -0.1) is 0 Å². The van der Waals surface area contributed by atoms with Crippen molar-refractivity contribution < 1.29 is 23.7 Å². The molecule has 3 rings (SSSR count). The highest BCUT2D eigenvalue weighted by molar-refractivity contribution is 9.10. The molecule has 1 aliphatic heterocycles. The van der Waals surface area contributed by atoms with E-state index >= 15 is 0 Å². The van der Waals surface area contributed by atoms with Crippen molar-refractivity contribution in [3.05, 3.63) is 40.4 Å². The number of anilines is 1. The maximum absolute atomic E-state index is 12.3. The lowest BCUT2D eigenvalue weighted by Gasteiger charge is -2.19. The number of carbonyl (C=O) groups is 1. The molecule has 0 spiro atoms. The van der Waals surface area contributed by atoms with E-state index in [4.69, 9.17) is 18.9 Å². The van der Waals surface area contributed by atoms with Crippen LogP contribution in [0.2, 0.25) is 0 Å². The van der Waals surface area contributed by atoms with E-state index in [2.05, 4.69) is 21.2 Å². The summed E-state index contributed by atoms with van der Waals surface area (Å²) in [5.74, 6) is 2.55. The molecule has 1 aliphatic rings. The molecule has 1 N–H and O–H groups in total. The Kier molecular flexibility index (Phi) is 5.88. The molecule has 0 fully saturated rings. The van der Waals surface area contributed by atoms with Crippen LogP contribution in [0.4, 0.5) is 5.69 Å². The van der Waals surface area contributed by atoms with Crippen LogP contribution in [0.3, 0.4) is 0 Å². The van der Waals surface area contributed by atoms with Crippen LogP contribution < -0.4 is 24.3 Å². The van der Waals surface area contributed by atoms with Gasteiger partial charge in [-0.25, -0.2) is 0 Å². The first-order valence-electron chi connectivity index (χ1n) is 8.20. The Morgan fingerprint density at radius 1 is 1.08 bits per heavy atom. The zero-order valence-electron chi connectivity index (χ0n) is 14.6. The van der Waals surface area contributed by atoms with Gasteiger partial charge in [0.05, 0.1) is 14.2 Å². The molecule has 1 heterocycles. The summed E-state index contributed by atoms with van der Waals surface area (Å²) in [5.41, 5.74) is 1.66. The Morgan fingerprint density at radius 2 is 1.77 bits per heavy atom. The maximum Gasteiger partial charge on any atom is 0.224 e. The second kappa shape index (κ2) is 8.31. The summed E-state index contributed by atoms with van der Waals surface area (Å²) in [6, 6.07) is 9.10. The van der Waals surface area contributed by atoms with Crippen LogP contribution in [0.25, 0.3) is 0 Å². The first-order valence-corrected chi connectivity index (χ1v) is 9.00. The Labute approximate surface area is 160 Å². The van der Waals surface area contributed by atoms with Crippen molar-refractivity contribution in [1.82, 2.24) is 0 Å². The van der Waals surface area contributed by atoms with Crippen LogP contribution in [-0.2, 0) is 11.2 Å². The molecule has 1 amide bonds. The molecule has 0 unspecified atom stereocenters. The summed E-state index contributed by atoms with van der Waals surface area (Å²) in [7, 11) is 3.18. The molecule has 6 nitrogen and oxygen atoms in total. The van der Waals surface area contributed by atoms with Crippen LogP contribution in [0.15, 0.2) is 34.8 Å². The second-order valence-corrected chi connectivity index (χ2v) is 6.56. The SMILES string of the molecule is COc1cc(Br)c(CCC(=O)Nc2ccc3c(c2)OCCO3)cc1OC. The van der Waals surface area contributed by atoms with E-state index < -0.39 is 0 Å². The third-order valence-electron chi connectivity index (χ3n) is 4.00. The Morgan fingerprint density at radius 3 is 2.50 bits per heavy atom. The number of amides is 1. The lowest BCUT2D eigenvalue weighted by Crippen LogP contribution is -2.16. The van der Waals surface area contributed by atoms with E-state index in [0.29, 0.717) is 54.7 Å². The van der Waals surface area contributed by atoms with Gasteiger partial charge in [-0.3, -0.25) is 4.79 Å². The van der Waals surface area contributed by atoms with Gasteiger partial charge in [0.15, 0.2) is 23.0 Å². The van der Waals surface area contributed by atoms with E-state index in [9.17, 15) is 4.79 Å². The van der Waals surface area contributed by atoms with Crippen LogP contribution in [0, 0.1) is 0 Å². The molecule has 0 bridgehead atoms. The van der Waals surface area contributed by atoms with Gasteiger partial charge < -0.3 is 24.3 Å². The molecule has 0 radical (unpaired) electrons. The summed E-state index contributed by atoms with van der Waals surface area (Å²) < 4.78 is 22.5. The van der Waals surface area contributed by atoms with E-state index in [1.54, 1.807) is 32.4 Å². The first-order chi connectivity index (χ1) is 12.6. The highest BCUT2D eigenvalue weighted by Crippen LogP contribution is 2.34. The number of rotatable bonds is 6. The number of hydrogen-bond donors (Lipinski definition) is 1. The topological polar surface area (TPSA) is 66.0 Å². The number of methoxy groups -OCH3 is 2. The molecule has 0 aromatic heterocycles. The fraction of sp³-hybridized carbons (Fsp3) is 0.316. The van der Waals surface area contributed by atoms with Gasteiger partial charge in [-0.2, -0.15) is 0 Å². The number of benzene rings is 2. The lowest BCUT2D eigenvalue weighted by molar-refractivity contribution is -0.116. The van der Waals surface area contributed by atoms with Crippen molar-refractivity contribution in [2.75, 3.05) is 32.8 Å². The number of fused-ring (bicyclic) bond motifs is 1. The molecule has 0 atom stereocenters. The van der Waals surface area contributed by atoms with Gasteiger partial charge in [0.25, 0.3) is 0 Å². The number of carbonyl (C=O) groups excluding carboxylic acids is 1. The molecule has 0 saturated heterocycles.